The highest BCUT2D eigenvalue weighted by atomic mass is 79.9. The van der Waals surface area contributed by atoms with Crippen molar-refractivity contribution in [3.63, 3.8) is 0 Å². The summed E-state index contributed by atoms with van der Waals surface area (Å²) >= 11 is 38.7. The zero-order valence-corrected chi connectivity index (χ0v) is 93.4. The molecule has 16 aliphatic rings. The predicted octanol–water partition coefficient (Wildman–Crippen LogP) is 37.1. The zero-order valence-electron chi connectivity index (χ0n) is 84.8. The minimum Gasteiger partial charge on any atom is -0.493 e. The van der Waals surface area contributed by atoms with E-state index >= 15 is 0 Å². The molecule has 9 aromatic carbocycles. The van der Waals surface area contributed by atoms with Gasteiger partial charge in [0.15, 0.2) is 0 Å². The first-order valence-electron chi connectivity index (χ1n) is 50.9. The number of fused-ring (bicyclic) bond motifs is 11. The maximum Gasteiger partial charge on any atom is 0.122 e. The summed E-state index contributed by atoms with van der Waals surface area (Å²) in [4.78, 5) is 12.6. The average molecular weight is 2140 g/mol. The summed E-state index contributed by atoms with van der Waals surface area (Å²) in [5.41, 5.74) is 33.3. The molecule has 15 atom stereocenters. The third-order valence-electron chi connectivity index (χ3n) is 33.2. The number of unbranched alkanes of at least 4 members (excludes halogenated alkanes) is 2. The summed E-state index contributed by atoms with van der Waals surface area (Å²) in [6.45, 7) is 66.2. The van der Waals surface area contributed by atoms with Crippen molar-refractivity contribution in [3.05, 3.63) is 364 Å². The van der Waals surface area contributed by atoms with Crippen LogP contribution in [0.5, 0.6) is 5.75 Å². The van der Waals surface area contributed by atoms with E-state index < -0.39 is 0 Å². The molecule has 26 rings (SSSR count). The van der Waals surface area contributed by atoms with E-state index in [1.165, 1.54) is 164 Å². The van der Waals surface area contributed by atoms with E-state index in [0.717, 1.165) is 88.1 Å². The number of nitrogens with one attached hydrogen (secondary N) is 1. The van der Waals surface area contributed by atoms with Crippen molar-refractivity contribution in [2.75, 3.05) is 13.2 Å². The Morgan fingerprint density at radius 1 is 0.406 bits per heavy atom. The zero-order chi connectivity index (χ0) is 98.4. The van der Waals surface area contributed by atoms with Gasteiger partial charge in [0.2, 0.25) is 0 Å². The van der Waals surface area contributed by atoms with Crippen LogP contribution in [0.15, 0.2) is 262 Å². The van der Waals surface area contributed by atoms with E-state index in [0.29, 0.717) is 126 Å². The highest BCUT2D eigenvalue weighted by Crippen LogP contribution is 2.68. The molecule has 0 amide bonds. The summed E-state index contributed by atoms with van der Waals surface area (Å²) < 4.78 is 9.65. The summed E-state index contributed by atoms with van der Waals surface area (Å²) in [6.07, 6.45) is 16.3. The molecule has 5 aliphatic carbocycles. The average Bonchev–Trinajstić information content (AvgIpc) is 1.22. The molecule has 5 fully saturated rings. The molecule has 0 saturated carbocycles. The van der Waals surface area contributed by atoms with Gasteiger partial charge in [0.25, 0.3) is 0 Å². The predicted molar refractivity (Wildman–Crippen MR) is 599 cm³/mol. The van der Waals surface area contributed by atoms with E-state index in [-0.39, 0.29) is 10.8 Å². The molecule has 138 heavy (non-hydrogen) atoms. The maximum atomic E-state index is 6.47. The first-order valence-corrected chi connectivity index (χ1v) is 55.6. The Morgan fingerprint density at radius 3 is 1.24 bits per heavy atom. The second-order valence-corrected chi connectivity index (χ2v) is 51.7. The summed E-state index contributed by atoms with van der Waals surface area (Å²) in [7, 11) is 0. The second-order valence-electron chi connectivity index (χ2n) is 46.5. The van der Waals surface area contributed by atoms with Crippen molar-refractivity contribution < 1.29 is 4.74 Å². The molecular formula is C124H146Br3Cl4N5OS. The lowest BCUT2D eigenvalue weighted by atomic mass is 9.56. The molecule has 5 saturated heterocycles. The number of piperidine rings is 5. The van der Waals surface area contributed by atoms with Gasteiger partial charge in [-0.3, -0.25) is 19.6 Å². The van der Waals surface area contributed by atoms with E-state index in [2.05, 4.69) is 386 Å². The van der Waals surface area contributed by atoms with Crippen molar-refractivity contribution >= 4 is 106 Å². The molecule has 15 unspecified atom stereocenters. The molecule has 6 nitrogen and oxygen atoms in total. The van der Waals surface area contributed by atoms with Crippen molar-refractivity contribution in [1.82, 2.24) is 24.9 Å². The van der Waals surface area contributed by atoms with Gasteiger partial charge in [-0.05, 0) is 300 Å². The summed E-state index contributed by atoms with van der Waals surface area (Å²) in [5, 5.41) is 8.49. The van der Waals surface area contributed by atoms with E-state index in [9.17, 15) is 0 Å². The topological polar surface area (TPSA) is 34.2 Å². The fourth-order valence-corrected chi connectivity index (χ4v) is 31.3. The number of rotatable bonds is 22. The Morgan fingerprint density at radius 2 is 0.804 bits per heavy atom. The second kappa shape index (κ2) is 41.6. The molecular weight excluding hydrogens is 1990 g/mol. The fourth-order valence-electron chi connectivity index (χ4n) is 28.1. The Balaban J connectivity index is 0.000000120. The highest BCUT2D eigenvalue weighted by Gasteiger charge is 2.60. The first-order chi connectivity index (χ1) is 65.5. The van der Waals surface area contributed by atoms with Crippen LogP contribution < -0.4 is 10.1 Å². The number of ether oxygens (including phenoxy) is 1. The SMILES string of the molecule is C=C(C)CC1C2c3c(-c4ccc(Cl)c(Cl)c4)cccc3C(CC2(C)C)N1Cc1ccc2c(c1)CCO2.C=C(C)CC1C2c3c(Br)cccc3C(CC2(C)C)N1CCCCC.C=C(C)CC1C2c3c(Br)cccc3C(CC2(C)C)N1Cc1cccc(C)c1.C=C(C)CC1C2c3c(Br)cccc3C(CC2(C)C)N1Cc1cccs1.C=C(C)CC1NC2CC(C)(C)C1c1c(-c3ccc(Cl)c(Cl)c3)cccc12. The number of nitrogens with zero attached hydrogens (tertiary/aromatic N) is 4. The highest BCUT2D eigenvalue weighted by molar-refractivity contribution is 9.11. The number of hydrogen-bond donors (Lipinski definition) is 1. The van der Waals surface area contributed by atoms with E-state index in [1.54, 1.807) is 22.3 Å². The van der Waals surface area contributed by atoms with Crippen LogP contribution in [-0.4, -0.2) is 63.0 Å². The van der Waals surface area contributed by atoms with Crippen molar-refractivity contribution in [2.45, 2.75) is 317 Å². The van der Waals surface area contributed by atoms with Crippen LogP contribution in [0.3, 0.4) is 0 Å². The van der Waals surface area contributed by atoms with Crippen LogP contribution in [0.25, 0.3) is 22.3 Å². The lowest BCUT2D eigenvalue weighted by Gasteiger charge is -2.60. The van der Waals surface area contributed by atoms with Crippen LogP contribution in [0.4, 0.5) is 0 Å². The molecule has 11 aliphatic heterocycles. The molecule has 14 heteroatoms. The number of benzene rings is 9. The Bertz CT molecular complexity index is 6260. The first kappa shape index (κ1) is 103. The molecule has 1 N–H and O–H groups in total. The number of hydrogen-bond acceptors (Lipinski definition) is 7. The van der Waals surface area contributed by atoms with Crippen LogP contribution in [0.2, 0.25) is 20.1 Å². The normalized spacial score (nSPS) is 26.0. The minimum absolute atomic E-state index is 0.173. The van der Waals surface area contributed by atoms with E-state index in [4.69, 9.17) is 51.1 Å². The van der Waals surface area contributed by atoms with Crippen molar-refractivity contribution in [2.24, 2.45) is 27.1 Å². The molecule has 1 aromatic heterocycles. The van der Waals surface area contributed by atoms with Crippen LogP contribution in [0, 0.1) is 34.0 Å². The largest absolute Gasteiger partial charge is 0.493 e. The van der Waals surface area contributed by atoms with Gasteiger partial charge in [-0.2, -0.15) is 0 Å². The van der Waals surface area contributed by atoms with Gasteiger partial charge in [0.05, 0.1) is 26.7 Å². The molecule has 728 valence electrons. The Kier molecular flexibility index (Phi) is 31.1. The van der Waals surface area contributed by atoms with Gasteiger partial charge in [-0.15, -0.1) is 44.2 Å². The third kappa shape index (κ3) is 20.7. The lowest BCUT2D eigenvalue weighted by molar-refractivity contribution is -0.0317. The molecule has 10 aromatic rings. The van der Waals surface area contributed by atoms with Gasteiger partial charge in [-0.25, -0.2) is 0 Å². The summed E-state index contributed by atoms with van der Waals surface area (Å²) in [5.74, 6) is 3.54. The smallest absolute Gasteiger partial charge is 0.122 e. The van der Waals surface area contributed by atoms with Gasteiger partial charge >= 0.3 is 0 Å². The lowest BCUT2D eigenvalue weighted by Crippen LogP contribution is -2.56. The Hall–Kier alpha value is -6.42. The molecule has 10 bridgehead atoms. The van der Waals surface area contributed by atoms with E-state index in [1.807, 2.05) is 35.6 Å². The van der Waals surface area contributed by atoms with Crippen molar-refractivity contribution in [3.8, 4) is 28.0 Å². The van der Waals surface area contributed by atoms with Gasteiger partial charge in [-0.1, -0.05) is 344 Å². The fraction of sp³-hybridized carbons (Fsp3) is 0.452. The molecule has 0 radical (unpaired) electrons. The monoisotopic (exact) mass is 2130 g/mol. The van der Waals surface area contributed by atoms with Gasteiger partial charge in [0, 0.05) is 134 Å². The summed E-state index contributed by atoms with van der Waals surface area (Å²) in [6, 6.07) is 70.9. The Labute approximate surface area is 877 Å². The van der Waals surface area contributed by atoms with Crippen molar-refractivity contribution in [1.29, 1.82) is 0 Å². The van der Waals surface area contributed by atoms with Crippen LogP contribution in [0.1, 0.15) is 337 Å². The minimum atomic E-state index is 0.173. The van der Waals surface area contributed by atoms with Gasteiger partial charge < -0.3 is 10.1 Å². The number of aryl methyl sites for hydroxylation is 1. The molecule has 12 heterocycles. The quantitative estimate of drug-likeness (QED) is 0.0538. The number of halogens is 7. The maximum absolute atomic E-state index is 6.47. The van der Waals surface area contributed by atoms with Crippen LogP contribution in [-0.2, 0) is 26.1 Å². The third-order valence-corrected chi connectivity index (χ3v) is 37.6. The standard InChI is InChI=1S/C32H33Cl2NO.C25H30BrN.C23H25Cl2N.C22H26BrNS.C22H32BrN/c1-19(2)14-27-31-30-23(21-9-10-25(33)26(34)16-21)6-5-7-24(30)28(17-32(31,3)4)35(27)18-20-8-11-29-22(15-20)12-13-36-29;1-16(2)12-21-24-23-19(10-7-11-20(23)26)22(14-25(24,4)5)27(21)15-18-9-6-8-17(3)13-18;1-13(2)10-19-22-21-15(14-8-9-17(24)18(25)11-14)6-5-7-16(21)20(26-19)12-23(22,3)4;1-14(2)11-18-21-20-16(8-5-9-17(20)23)19(12-22(21,3)4)24(18)13-15-7-6-10-25-15;1-6-7-8-12-24-18(13-15(2)3)21-20-16(10-9-11-17(20)23)19(24)14-22(21,4)5/h5-11,15-16,27-28,31H,1,12-14,17-18H2,2-4H3;6-11,13,21-22,24H,1,12,14-15H2,2-5H3;5-9,11,19-20,22,26H,1,10,12H2,2-4H3;5-10,18-19,21H,1,11-13H2,2-4H3;9-11,18-19,21H,2,6-8,12-14H2,1,3-5H3. The number of thiophene rings is 1. The molecule has 0 spiro atoms. The van der Waals surface area contributed by atoms with Gasteiger partial charge in [0.1, 0.15) is 5.75 Å². The van der Waals surface area contributed by atoms with Crippen LogP contribution >= 0.6 is 106 Å².